The lowest BCUT2D eigenvalue weighted by molar-refractivity contribution is -0.905. The van der Waals surface area contributed by atoms with Crippen molar-refractivity contribution in [2.45, 2.75) is 32.2 Å². The second kappa shape index (κ2) is 7.77. The summed E-state index contributed by atoms with van der Waals surface area (Å²) in [5.74, 6) is -0.0741. The minimum atomic E-state index is -0.0741. The molecule has 2 aromatic rings. The fourth-order valence-corrected chi connectivity index (χ4v) is 4.06. The molecule has 25 heavy (non-hydrogen) atoms. The molecule has 0 aliphatic heterocycles. The maximum absolute atomic E-state index is 12.5. The van der Waals surface area contributed by atoms with E-state index in [4.69, 9.17) is 23.2 Å². The Morgan fingerprint density at radius 2 is 2.00 bits per heavy atom. The molecule has 2 atom stereocenters. The Hall–Kier alpha value is -1.55. The van der Waals surface area contributed by atoms with Gasteiger partial charge in [-0.05, 0) is 37.0 Å². The number of rotatable bonds is 4. The van der Waals surface area contributed by atoms with E-state index in [-0.39, 0.29) is 5.91 Å². The van der Waals surface area contributed by atoms with Crippen molar-refractivity contribution in [3.63, 3.8) is 0 Å². The Morgan fingerprint density at radius 3 is 2.80 bits per heavy atom. The average Bonchev–Trinajstić information content (AvgIpc) is 2.61. The van der Waals surface area contributed by atoms with Crippen molar-refractivity contribution < 1.29 is 9.69 Å². The van der Waals surface area contributed by atoms with Crippen molar-refractivity contribution in [2.24, 2.45) is 0 Å². The van der Waals surface area contributed by atoms with Gasteiger partial charge in [-0.25, -0.2) is 0 Å². The normalized spacial score (nSPS) is 17.7. The molecule has 2 N–H and O–H groups in total. The number of amides is 1. The Labute approximate surface area is 158 Å². The summed E-state index contributed by atoms with van der Waals surface area (Å²) in [7, 11) is 2.08. The topological polar surface area (TPSA) is 33.5 Å². The molecule has 0 bridgehead atoms. The van der Waals surface area contributed by atoms with E-state index in [0.717, 1.165) is 24.8 Å². The van der Waals surface area contributed by atoms with Gasteiger partial charge in [0.2, 0.25) is 0 Å². The predicted molar refractivity (Wildman–Crippen MR) is 104 cm³/mol. The monoisotopic (exact) mass is 377 g/mol. The van der Waals surface area contributed by atoms with Gasteiger partial charge in [0.05, 0.1) is 22.8 Å². The van der Waals surface area contributed by atoms with Crippen LogP contribution in [0.5, 0.6) is 0 Å². The van der Waals surface area contributed by atoms with Crippen LogP contribution in [0.1, 0.15) is 35.6 Å². The SMILES string of the molecule is Cc1ccc(Cl)c(NC(=O)C[NH+](C)[C@H]2CCCc3ccccc32)c1Cl. The van der Waals surface area contributed by atoms with E-state index < -0.39 is 0 Å². The van der Waals surface area contributed by atoms with Crippen molar-refractivity contribution in [3.8, 4) is 0 Å². The summed E-state index contributed by atoms with van der Waals surface area (Å²) in [6, 6.07) is 12.5. The number of carbonyl (C=O) groups excluding carboxylic acids is 1. The Morgan fingerprint density at radius 1 is 1.24 bits per heavy atom. The van der Waals surface area contributed by atoms with Gasteiger partial charge >= 0.3 is 0 Å². The zero-order chi connectivity index (χ0) is 18.0. The molecule has 2 aromatic carbocycles. The molecule has 5 heteroatoms. The second-order valence-corrected chi connectivity index (χ2v) is 7.55. The van der Waals surface area contributed by atoms with Gasteiger partial charge in [-0.15, -0.1) is 0 Å². The first kappa shape index (κ1) is 18.2. The zero-order valence-electron chi connectivity index (χ0n) is 14.5. The maximum atomic E-state index is 12.5. The molecule has 0 saturated heterocycles. The lowest BCUT2D eigenvalue weighted by atomic mass is 9.87. The molecule has 0 heterocycles. The summed E-state index contributed by atoms with van der Waals surface area (Å²) in [4.78, 5) is 13.7. The molecule has 1 aliphatic rings. The van der Waals surface area contributed by atoms with E-state index in [1.54, 1.807) is 6.07 Å². The van der Waals surface area contributed by atoms with Crippen molar-refractivity contribution in [1.82, 2.24) is 0 Å². The summed E-state index contributed by atoms with van der Waals surface area (Å²) in [5.41, 5.74) is 4.17. The third kappa shape index (κ3) is 4.00. The largest absolute Gasteiger partial charge is 0.323 e. The van der Waals surface area contributed by atoms with E-state index in [1.165, 1.54) is 16.0 Å². The smallest absolute Gasteiger partial charge is 0.279 e. The molecule has 1 unspecified atom stereocenters. The number of carbonyl (C=O) groups is 1. The van der Waals surface area contributed by atoms with Crippen molar-refractivity contribution >= 4 is 34.8 Å². The zero-order valence-corrected chi connectivity index (χ0v) is 16.0. The fourth-order valence-electron chi connectivity index (χ4n) is 3.60. The number of benzene rings is 2. The predicted octanol–water partition coefficient (Wildman–Crippen LogP) is 3.83. The molecule has 1 amide bonds. The molecule has 0 fully saturated rings. The number of anilines is 1. The highest BCUT2D eigenvalue weighted by molar-refractivity contribution is 6.40. The van der Waals surface area contributed by atoms with Crippen LogP contribution in [0.3, 0.4) is 0 Å². The highest BCUT2D eigenvalue weighted by Gasteiger charge is 2.28. The molecule has 3 rings (SSSR count). The van der Waals surface area contributed by atoms with Gasteiger partial charge < -0.3 is 10.2 Å². The number of nitrogens with one attached hydrogen (secondary N) is 2. The van der Waals surface area contributed by atoms with Crippen LogP contribution < -0.4 is 10.2 Å². The Kier molecular flexibility index (Phi) is 5.67. The minimum absolute atomic E-state index is 0.0741. The van der Waals surface area contributed by atoms with Gasteiger partial charge in [-0.3, -0.25) is 4.79 Å². The van der Waals surface area contributed by atoms with Crippen LogP contribution in [-0.4, -0.2) is 19.5 Å². The molecular formula is C20H23Cl2N2O+. The Balaban J connectivity index is 1.71. The number of hydrogen-bond donors (Lipinski definition) is 2. The van der Waals surface area contributed by atoms with Gasteiger partial charge in [0.1, 0.15) is 6.04 Å². The van der Waals surface area contributed by atoms with Gasteiger partial charge in [-0.2, -0.15) is 0 Å². The highest BCUT2D eigenvalue weighted by Crippen LogP contribution is 2.32. The summed E-state index contributed by atoms with van der Waals surface area (Å²) in [5, 5.41) is 3.85. The lowest BCUT2D eigenvalue weighted by Crippen LogP contribution is -3.10. The first-order chi connectivity index (χ1) is 12.0. The second-order valence-electron chi connectivity index (χ2n) is 6.77. The standard InChI is InChI=1S/C20H22Cl2N2O/c1-13-10-11-16(21)20(19(13)22)23-18(25)12-24(2)17-9-5-7-14-6-3-4-8-15(14)17/h3-4,6,8,10-11,17H,5,7,9,12H2,1-2H3,(H,23,25)/p+1/t17-/m0/s1. The minimum Gasteiger partial charge on any atom is -0.323 e. The van der Waals surface area contributed by atoms with Crippen molar-refractivity contribution in [1.29, 1.82) is 0 Å². The summed E-state index contributed by atoms with van der Waals surface area (Å²) in [6.45, 7) is 2.27. The van der Waals surface area contributed by atoms with Crippen LogP contribution in [0, 0.1) is 6.92 Å². The van der Waals surface area contributed by atoms with Crippen LogP contribution in [0.15, 0.2) is 36.4 Å². The Bertz CT molecular complexity index is 791. The van der Waals surface area contributed by atoms with Crippen LogP contribution >= 0.6 is 23.2 Å². The number of fused-ring (bicyclic) bond motifs is 1. The van der Waals surface area contributed by atoms with Crippen molar-refractivity contribution in [2.75, 3.05) is 18.9 Å². The number of hydrogen-bond acceptors (Lipinski definition) is 1. The van der Waals surface area contributed by atoms with E-state index in [0.29, 0.717) is 28.3 Å². The lowest BCUT2D eigenvalue weighted by Gasteiger charge is -2.30. The van der Waals surface area contributed by atoms with Crippen molar-refractivity contribution in [3.05, 3.63) is 63.1 Å². The van der Waals surface area contributed by atoms with Crippen LogP contribution in [0.25, 0.3) is 0 Å². The van der Waals surface area contributed by atoms with Crippen LogP contribution in [0.2, 0.25) is 10.0 Å². The van der Waals surface area contributed by atoms with Gasteiger partial charge in [-0.1, -0.05) is 53.5 Å². The number of halogens is 2. The highest BCUT2D eigenvalue weighted by atomic mass is 35.5. The molecule has 132 valence electrons. The van der Waals surface area contributed by atoms with E-state index in [1.807, 2.05) is 13.0 Å². The van der Waals surface area contributed by atoms with E-state index >= 15 is 0 Å². The number of likely N-dealkylation sites (N-methyl/N-ethyl adjacent to an activating group) is 1. The first-order valence-corrected chi connectivity index (χ1v) is 9.37. The average molecular weight is 378 g/mol. The van der Waals surface area contributed by atoms with Crippen LogP contribution in [-0.2, 0) is 11.2 Å². The van der Waals surface area contributed by atoms with Gasteiger partial charge in [0.25, 0.3) is 5.91 Å². The molecular weight excluding hydrogens is 355 g/mol. The third-order valence-electron chi connectivity index (χ3n) is 4.95. The van der Waals surface area contributed by atoms with Gasteiger partial charge in [0, 0.05) is 12.0 Å². The molecule has 0 aromatic heterocycles. The van der Waals surface area contributed by atoms with Gasteiger partial charge in [0.15, 0.2) is 6.54 Å². The number of quaternary nitrogens is 1. The summed E-state index contributed by atoms with van der Waals surface area (Å²) >= 11 is 12.5. The molecule has 0 spiro atoms. The third-order valence-corrected chi connectivity index (χ3v) is 5.75. The maximum Gasteiger partial charge on any atom is 0.279 e. The van der Waals surface area contributed by atoms with E-state index in [9.17, 15) is 4.79 Å². The quantitative estimate of drug-likeness (QED) is 0.833. The molecule has 3 nitrogen and oxygen atoms in total. The van der Waals surface area contributed by atoms with Crippen LogP contribution in [0.4, 0.5) is 5.69 Å². The summed E-state index contributed by atoms with van der Waals surface area (Å²) < 4.78 is 0. The molecule has 1 aliphatic carbocycles. The van der Waals surface area contributed by atoms with E-state index in [2.05, 4.69) is 36.6 Å². The first-order valence-electron chi connectivity index (χ1n) is 8.62. The molecule has 0 radical (unpaired) electrons. The molecule has 0 saturated carbocycles. The summed E-state index contributed by atoms with van der Waals surface area (Å²) in [6.07, 6.45) is 3.39. The fraction of sp³-hybridized carbons (Fsp3) is 0.350. The number of aryl methyl sites for hydroxylation is 2.